The molecule has 218 valence electrons. The lowest BCUT2D eigenvalue weighted by Crippen LogP contribution is -2.44. The summed E-state index contributed by atoms with van der Waals surface area (Å²) in [6, 6.07) is 7.79. The smallest absolute Gasteiger partial charge is 0.343 e. The Morgan fingerprint density at radius 2 is 1.83 bits per heavy atom. The predicted molar refractivity (Wildman–Crippen MR) is 162 cm³/mol. The molecular weight excluding hydrogens is 520 g/mol. The van der Waals surface area contributed by atoms with E-state index in [1.807, 2.05) is 49.9 Å². The number of nitrogens with zero attached hydrogens (tertiary/aromatic N) is 6. The minimum Gasteiger partial charge on any atom is -0.494 e. The minimum atomic E-state index is -0.480. The molecule has 1 saturated heterocycles. The normalized spacial score (nSPS) is 16.6. The number of carbonyl (C=O) groups is 1. The van der Waals surface area contributed by atoms with Crippen LogP contribution in [0.2, 0.25) is 0 Å². The van der Waals surface area contributed by atoms with Crippen molar-refractivity contribution >= 4 is 40.5 Å². The van der Waals surface area contributed by atoms with Gasteiger partial charge < -0.3 is 35.2 Å². The maximum Gasteiger partial charge on any atom is 0.343 e. The number of nitrogens with two attached hydrogens (primary N) is 1. The number of hydrogen-bond acceptors (Lipinski definition) is 11. The van der Waals surface area contributed by atoms with Crippen LogP contribution in [0.15, 0.2) is 30.5 Å². The highest BCUT2D eigenvalue weighted by Crippen LogP contribution is 2.44. The number of methoxy groups -OCH3 is 1. The van der Waals surface area contributed by atoms with Crippen LogP contribution in [0.25, 0.3) is 0 Å². The molecule has 0 radical (unpaired) electrons. The quantitative estimate of drug-likeness (QED) is 0.318. The zero-order valence-electron chi connectivity index (χ0n) is 25.0. The second-order valence-electron chi connectivity index (χ2n) is 11.7. The van der Waals surface area contributed by atoms with Gasteiger partial charge in [0.1, 0.15) is 11.3 Å². The van der Waals surface area contributed by atoms with Crippen molar-refractivity contribution in [2.24, 2.45) is 0 Å². The highest BCUT2D eigenvalue weighted by molar-refractivity contribution is 5.96. The number of benzene rings is 1. The number of carbonyl (C=O) groups excluding carboxylic acids is 1. The maximum absolute atomic E-state index is 13.2. The van der Waals surface area contributed by atoms with Gasteiger partial charge in [0.15, 0.2) is 5.82 Å². The van der Waals surface area contributed by atoms with Crippen molar-refractivity contribution in [3.8, 4) is 5.75 Å². The fraction of sp³-hybridized carbons (Fsp3) is 0.467. The van der Waals surface area contributed by atoms with Crippen molar-refractivity contribution in [1.29, 1.82) is 0 Å². The van der Waals surface area contributed by atoms with Gasteiger partial charge in [0.05, 0.1) is 41.7 Å². The number of rotatable bonds is 7. The summed E-state index contributed by atoms with van der Waals surface area (Å²) in [6.45, 7) is 14.2. The molecule has 11 nitrogen and oxygen atoms in total. The van der Waals surface area contributed by atoms with Crippen molar-refractivity contribution < 1.29 is 14.3 Å². The van der Waals surface area contributed by atoms with Gasteiger partial charge in [0.2, 0.25) is 5.95 Å². The first-order valence-corrected chi connectivity index (χ1v) is 14.0. The van der Waals surface area contributed by atoms with E-state index in [1.54, 1.807) is 7.11 Å². The Morgan fingerprint density at radius 1 is 1.10 bits per heavy atom. The topological polar surface area (TPSA) is 122 Å². The van der Waals surface area contributed by atoms with Crippen LogP contribution in [-0.2, 0) is 10.2 Å². The van der Waals surface area contributed by atoms with Crippen LogP contribution >= 0.6 is 0 Å². The zero-order valence-corrected chi connectivity index (χ0v) is 25.0. The number of pyridine rings is 1. The number of aryl methyl sites for hydroxylation is 1. The van der Waals surface area contributed by atoms with Crippen LogP contribution in [0, 0.1) is 6.92 Å². The molecule has 0 saturated carbocycles. The van der Waals surface area contributed by atoms with E-state index in [0.29, 0.717) is 35.4 Å². The number of aromatic nitrogens is 3. The molecule has 0 bridgehead atoms. The standard InChI is InChI=1S/C30H40N8O3/c1-18(2)41-28(39)20-16-32-29(35-27(20)38-17-30(4,5)26-23(38)9-8-19(3)33-26)34-22-14-21(31)24(15-25(22)40-7)37-12-10-36(6)11-13-37/h8-9,14-16,18H,10-13,17,31H2,1-7H3,(H,32,34,35). The Labute approximate surface area is 241 Å². The second-order valence-corrected chi connectivity index (χ2v) is 11.7. The summed E-state index contributed by atoms with van der Waals surface area (Å²) in [5, 5.41) is 3.28. The number of fused-ring (bicyclic) bond motifs is 1. The van der Waals surface area contributed by atoms with Crippen molar-refractivity contribution in [2.75, 3.05) is 67.7 Å². The van der Waals surface area contributed by atoms with Crippen molar-refractivity contribution in [1.82, 2.24) is 19.9 Å². The lowest BCUT2D eigenvalue weighted by molar-refractivity contribution is 0.0378. The van der Waals surface area contributed by atoms with Crippen LogP contribution in [-0.4, -0.2) is 78.8 Å². The van der Waals surface area contributed by atoms with Gasteiger partial charge in [-0.25, -0.2) is 9.78 Å². The van der Waals surface area contributed by atoms with Gasteiger partial charge in [-0.15, -0.1) is 0 Å². The summed E-state index contributed by atoms with van der Waals surface area (Å²) in [5.41, 5.74) is 11.6. The summed E-state index contributed by atoms with van der Waals surface area (Å²) in [4.78, 5) is 33.9. The van der Waals surface area contributed by atoms with Crippen LogP contribution in [0.5, 0.6) is 5.75 Å². The van der Waals surface area contributed by atoms with Gasteiger partial charge in [-0.3, -0.25) is 4.98 Å². The van der Waals surface area contributed by atoms with E-state index >= 15 is 0 Å². The Balaban J connectivity index is 1.53. The van der Waals surface area contributed by atoms with Crippen LogP contribution in [0.4, 0.5) is 34.5 Å². The number of anilines is 6. The SMILES string of the molecule is COc1cc(N2CCN(C)CC2)c(N)cc1Nc1ncc(C(=O)OC(C)C)c(N2CC(C)(C)c3nc(C)ccc32)n1. The molecule has 3 N–H and O–H groups in total. The van der Waals surface area contributed by atoms with Crippen LogP contribution in [0.1, 0.15) is 49.4 Å². The first kappa shape index (κ1) is 28.4. The largest absolute Gasteiger partial charge is 0.494 e. The fourth-order valence-electron chi connectivity index (χ4n) is 5.36. The average molecular weight is 561 g/mol. The van der Waals surface area contributed by atoms with Gasteiger partial charge >= 0.3 is 5.97 Å². The number of esters is 1. The minimum absolute atomic E-state index is 0.254. The highest BCUT2D eigenvalue weighted by atomic mass is 16.5. The number of nitrogens with one attached hydrogen (secondary N) is 1. The van der Waals surface area contributed by atoms with Crippen LogP contribution in [0.3, 0.4) is 0 Å². The van der Waals surface area contributed by atoms with Gasteiger partial charge in [-0.1, -0.05) is 13.8 Å². The molecule has 5 rings (SSSR count). The molecule has 1 aromatic carbocycles. The van der Waals surface area contributed by atoms with Crippen molar-refractivity contribution in [3.63, 3.8) is 0 Å². The molecule has 41 heavy (non-hydrogen) atoms. The lowest BCUT2D eigenvalue weighted by Gasteiger charge is -2.35. The van der Waals surface area contributed by atoms with E-state index in [2.05, 4.69) is 41.0 Å². The summed E-state index contributed by atoms with van der Waals surface area (Å²) < 4.78 is 11.3. The predicted octanol–water partition coefficient (Wildman–Crippen LogP) is 4.26. The Morgan fingerprint density at radius 3 is 2.51 bits per heavy atom. The third-order valence-electron chi connectivity index (χ3n) is 7.52. The van der Waals surface area contributed by atoms with Gasteiger partial charge in [-0.2, -0.15) is 4.98 Å². The molecule has 11 heteroatoms. The lowest BCUT2D eigenvalue weighted by atomic mass is 9.91. The highest BCUT2D eigenvalue weighted by Gasteiger charge is 2.39. The molecule has 0 spiro atoms. The van der Waals surface area contributed by atoms with Crippen molar-refractivity contribution in [3.05, 3.63) is 47.4 Å². The van der Waals surface area contributed by atoms with Crippen molar-refractivity contribution in [2.45, 2.75) is 46.1 Å². The van der Waals surface area contributed by atoms with Gasteiger partial charge in [0, 0.05) is 56.1 Å². The average Bonchev–Trinajstić information content (AvgIpc) is 3.18. The molecule has 0 atom stereocenters. The second kappa shape index (κ2) is 11.0. The number of hydrogen-bond donors (Lipinski definition) is 2. The molecule has 2 aliphatic rings. The molecule has 2 aromatic heterocycles. The Bertz CT molecular complexity index is 1450. The number of piperazine rings is 1. The molecular formula is C30H40N8O3. The zero-order chi connectivity index (χ0) is 29.5. The first-order chi connectivity index (χ1) is 19.5. The summed E-state index contributed by atoms with van der Waals surface area (Å²) in [6.07, 6.45) is 1.22. The Hall–Kier alpha value is -4.12. The van der Waals surface area contributed by atoms with E-state index in [4.69, 9.17) is 25.2 Å². The monoisotopic (exact) mass is 560 g/mol. The fourth-order valence-corrected chi connectivity index (χ4v) is 5.36. The summed E-state index contributed by atoms with van der Waals surface area (Å²) in [7, 11) is 3.75. The molecule has 0 unspecified atom stereocenters. The third-order valence-corrected chi connectivity index (χ3v) is 7.52. The molecule has 3 aromatic rings. The van der Waals surface area contributed by atoms with Gasteiger partial charge in [0.25, 0.3) is 0 Å². The number of nitrogen functional groups attached to an aromatic ring is 1. The molecule has 1 fully saturated rings. The number of ether oxygens (including phenoxy) is 2. The van der Waals surface area contributed by atoms with E-state index in [1.165, 1.54) is 6.20 Å². The number of likely N-dealkylation sites (N-methyl/N-ethyl adjacent to an activating group) is 1. The maximum atomic E-state index is 13.2. The molecule has 2 aliphatic heterocycles. The van der Waals surface area contributed by atoms with Gasteiger partial charge in [-0.05, 0) is 46.0 Å². The Kier molecular flexibility index (Phi) is 7.65. The van der Waals surface area contributed by atoms with E-state index < -0.39 is 5.97 Å². The summed E-state index contributed by atoms with van der Waals surface area (Å²) >= 11 is 0. The molecule has 0 amide bonds. The molecule has 0 aliphatic carbocycles. The van der Waals surface area contributed by atoms with E-state index in [0.717, 1.165) is 48.9 Å². The first-order valence-electron chi connectivity index (χ1n) is 14.0. The van der Waals surface area contributed by atoms with E-state index in [9.17, 15) is 4.79 Å². The molecule has 4 heterocycles. The third kappa shape index (κ3) is 5.72. The van der Waals surface area contributed by atoms with E-state index in [-0.39, 0.29) is 17.1 Å². The summed E-state index contributed by atoms with van der Waals surface area (Å²) in [5.74, 6) is 0.893. The van der Waals surface area contributed by atoms with Crippen LogP contribution < -0.4 is 25.6 Å².